The maximum absolute atomic E-state index is 12.5. The van der Waals surface area contributed by atoms with Crippen molar-refractivity contribution in [3.8, 4) is 0 Å². The average Bonchev–Trinajstić information content (AvgIpc) is 3.15. The van der Waals surface area contributed by atoms with E-state index in [1.807, 2.05) is 23.1 Å². The average molecular weight is 384 g/mol. The third kappa shape index (κ3) is 4.32. The standard InChI is InChI=1S/C20H28N6O2/c27-18(21-20-23-22-17-8-4-5-11-26(17)20)9-10-19(28)25-14-12-24(13-15-25)16-6-2-1-3-7-16/h4-5,8,11,16H,1-3,6-7,9-10,12-15H2,(H,21,23,27). The quantitative estimate of drug-likeness (QED) is 0.852. The van der Waals surface area contributed by atoms with E-state index in [-0.39, 0.29) is 24.7 Å². The summed E-state index contributed by atoms with van der Waals surface area (Å²) in [6.07, 6.45) is 8.80. The van der Waals surface area contributed by atoms with Gasteiger partial charge in [-0.1, -0.05) is 25.3 Å². The van der Waals surface area contributed by atoms with E-state index in [0.717, 1.165) is 26.2 Å². The van der Waals surface area contributed by atoms with E-state index >= 15 is 0 Å². The molecule has 1 N–H and O–H groups in total. The predicted octanol–water partition coefficient (Wildman–Crippen LogP) is 1.92. The van der Waals surface area contributed by atoms with Gasteiger partial charge >= 0.3 is 0 Å². The van der Waals surface area contributed by atoms with Crippen LogP contribution in [-0.2, 0) is 9.59 Å². The molecule has 1 aliphatic carbocycles. The van der Waals surface area contributed by atoms with Crippen molar-refractivity contribution < 1.29 is 9.59 Å². The predicted molar refractivity (Wildman–Crippen MR) is 106 cm³/mol. The lowest BCUT2D eigenvalue weighted by Gasteiger charge is -2.40. The topological polar surface area (TPSA) is 82.8 Å². The number of nitrogens with one attached hydrogen (secondary N) is 1. The number of anilines is 1. The number of fused-ring (bicyclic) bond motifs is 1. The summed E-state index contributed by atoms with van der Waals surface area (Å²) < 4.78 is 1.71. The van der Waals surface area contributed by atoms with Crippen molar-refractivity contribution in [3.05, 3.63) is 24.4 Å². The van der Waals surface area contributed by atoms with Crippen LogP contribution >= 0.6 is 0 Å². The fourth-order valence-corrected chi connectivity index (χ4v) is 4.28. The second-order valence-corrected chi connectivity index (χ2v) is 7.71. The lowest BCUT2D eigenvalue weighted by Crippen LogP contribution is -2.52. The third-order valence-electron chi connectivity index (χ3n) is 5.89. The molecule has 0 atom stereocenters. The molecule has 8 heteroatoms. The summed E-state index contributed by atoms with van der Waals surface area (Å²) in [6, 6.07) is 6.24. The van der Waals surface area contributed by atoms with Crippen LogP contribution in [0.2, 0.25) is 0 Å². The Kier molecular flexibility index (Phi) is 5.85. The third-order valence-corrected chi connectivity index (χ3v) is 5.89. The number of carbonyl (C=O) groups excluding carboxylic acids is 2. The molecule has 0 unspecified atom stereocenters. The van der Waals surface area contributed by atoms with Crippen LogP contribution in [0.1, 0.15) is 44.9 Å². The van der Waals surface area contributed by atoms with Crippen molar-refractivity contribution >= 4 is 23.4 Å². The Bertz CT molecular complexity index is 821. The summed E-state index contributed by atoms with van der Waals surface area (Å²) >= 11 is 0. The highest BCUT2D eigenvalue weighted by Crippen LogP contribution is 2.23. The van der Waals surface area contributed by atoms with Gasteiger partial charge in [0.1, 0.15) is 0 Å². The number of rotatable bonds is 5. The molecule has 150 valence electrons. The summed E-state index contributed by atoms with van der Waals surface area (Å²) in [5.41, 5.74) is 0.671. The molecule has 1 saturated heterocycles. The highest BCUT2D eigenvalue weighted by Gasteiger charge is 2.27. The maximum Gasteiger partial charge on any atom is 0.235 e. The first-order valence-electron chi connectivity index (χ1n) is 10.3. The van der Waals surface area contributed by atoms with Crippen molar-refractivity contribution in [2.24, 2.45) is 0 Å². The van der Waals surface area contributed by atoms with Gasteiger partial charge in [0.25, 0.3) is 0 Å². The Morgan fingerprint density at radius 1 is 1.00 bits per heavy atom. The zero-order valence-corrected chi connectivity index (χ0v) is 16.2. The van der Waals surface area contributed by atoms with Crippen LogP contribution < -0.4 is 5.32 Å². The van der Waals surface area contributed by atoms with E-state index in [4.69, 9.17) is 0 Å². The van der Waals surface area contributed by atoms with Crippen LogP contribution in [0.25, 0.3) is 5.65 Å². The lowest BCUT2D eigenvalue weighted by atomic mass is 9.94. The minimum Gasteiger partial charge on any atom is -0.340 e. The Labute approximate surface area is 164 Å². The molecule has 2 aliphatic rings. The molecule has 2 fully saturated rings. The smallest absolute Gasteiger partial charge is 0.235 e. The first kappa shape index (κ1) is 18.9. The maximum atomic E-state index is 12.5. The van der Waals surface area contributed by atoms with Gasteiger partial charge < -0.3 is 4.90 Å². The van der Waals surface area contributed by atoms with E-state index in [2.05, 4.69) is 20.4 Å². The molecule has 28 heavy (non-hydrogen) atoms. The molecule has 1 aliphatic heterocycles. The molecule has 1 saturated carbocycles. The van der Waals surface area contributed by atoms with Gasteiger partial charge in [0.2, 0.25) is 17.8 Å². The lowest BCUT2D eigenvalue weighted by molar-refractivity contribution is -0.134. The molecule has 0 radical (unpaired) electrons. The molecule has 2 aromatic rings. The van der Waals surface area contributed by atoms with Crippen LogP contribution in [-0.4, -0.2) is 68.4 Å². The van der Waals surface area contributed by atoms with Crippen LogP contribution in [0, 0.1) is 0 Å². The molecule has 2 amide bonds. The zero-order valence-electron chi connectivity index (χ0n) is 16.2. The van der Waals surface area contributed by atoms with E-state index < -0.39 is 0 Å². The van der Waals surface area contributed by atoms with E-state index in [1.165, 1.54) is 32.1 Å². The molecular weight excluding hydrogens is 356 g/mol. The number of nitrogens with zero attached hydrogens (tertiary/aromatic N) is 5. The molecule has 4 rings (SSSR count). The Morgan fingerprint density at radius 3 is 2.57 bits per heavy atom. The molecule has 0 bridgehead atoms. The van der Waals surface area contributed by atoms with Crippen molar-refractivity contribution in [1.29, 1.82) is 0 Å². The fraction of sp³-hybridized carbons (Fsp3) is 0.600. The number of aromatic nitrogens is 3. The second-order valence-electron chi connectivity index (χ2n) is 7.71. The SMILES string of the molecule is O=C(CCC(=O)N1CCN(C2CCCCC2)CC1)Nc1nnc2ccccn12. The van der Waals surface area contributed by atoms with Gasteiger partial charge in [0.15, 0.2) is 5.65 Å². The molecule has 8 nitrogen and oxygen atoms in total. The summed E-state index contributed by atoms with van der Waals surface area (Å²) in [4.78, 5) is 29.2. The van der Waals surface area contributed by atoms with Gasteiger partial charge in [-0.15, -0.1) is 10.2 Å². The van der Waals surface area contributed by atoms with Gasteiger partial charge in [0.05, 0.1) is 0 Å². The van der Waals surface area contributed by atoms with Crippen LogP contribution in [0.3, 0.4) is 0 Å². The number of amides is 2. The van der Waals surface area contributed by atoms with Gasteiger partial charge in [-0.25, -0.2) is 0 Å². The van der Waals surface area contributed by atoms with Crippen molar-refractivity contribution in [2.45, 2.75) is 51.0 Å². The summed E-state index contributed by atoms with van der Waals surface area (Å²) in [5.74, 6) is 0.228. The van der Waals surface area contributed by atoms with Gasteiger partial charge in [0, 0.05) is 51.3 Å². The minimum atomic E-state index is -0.215. The largest absolute Gasteiger partial charge is 0.340 e. The van der Waals surface area contributed by atoms with Crippen LogP contribution in [0.15, 0.2) is 24.4 Å². The fourth-order valence-electron chi connectivity index (χ4n) is 4.28. The summed E-state index contributed by atoms with van der Waals surface area (Å²) in [6.45, 7) is 3.44. The molecule has 3 heterocycles. The summed E-state index contributed by atoms with van der Waals surface area (Å²) in [5, 5.41) is 10.7. The van der Waals surface area contributed by atoms with E-state index in [0.29, 0.717) is 17.6 Å². The zero-order chi connectivity index (χ0) is 19.3. The Hall–Kier alpha value is -2.48. The van der Waals surface area contributed by atoms with Crippen molar-refractivity contribution in [3.63, 3.8) is 0 Å². The highest BCUT2D eigenvalue weighted by molar-refractivity contribution is 5.92. The minimum absolute atomic E-state index is 0.0598. The molecule has 0 aromatic carbocycles. The molecule has 0 spiro atoms. The van der Waals surface area contributed by atoms with Crippen LogP contribution in [0.5, 0.6) is 0 Å². The monoisotopic (exact) mass is 384 g/mol. The van der Waals surface area contributed by atoms with Gasteiger partial charge in [-0.3, -0.25) is 24.2 Å². The first-order valence-corrected chi connectivity index (χ1v) is 10.3. The highest BCUT2D eigenvalue weighted by atomic mass is 16.2. The number of hydrogen-bond donors (Lipinski definition) is 1. The Morgan fingerprint density at radius 2 is 1.79 bits per heavy atom. The van der Waals surface area contributed by atoms with Crippen molar-refractivity contribution in [1.82, 2.24) is 24.4 Å². The van der Waals surface area contributed by atoms with Gasteiger partial charge in [-0.05, 0) is 25.0 Å². The number of pyridine rings is 1. The summed E-state index contributed by atoms with van der Waals surface area (Å²) in [7, 11) is 0. The first-order chi connectivity index (χ1) is 13.7. The van der Waals surface area contributed by atoms with Gasteiger partial charge in [-0.2, -0.15) is 0 Å². The number of carbonyl (C=O) groups is 2. The van der Waals surface area contributed by atoms with Crippen molar-refractivity contribution in [2.75, 3.05) is 31.5 Å². The van der Waals surface area contributed by atoms with E-state index in [1.54, 1.807) is 10.6 Å². The molecule has 2 aromatic heterocycles. The van der Waals surface area contributed by atoms with E-state index in [9.17, 15) is 9.59 Å². The Balaban J connectivity index is 1.21. The molecular formula is C20H28N6O2. The second kappa shape index (κ2) is 8.68. The van der Waals surface area contributed by atoms with Crippen LogP contribution in [0.4, 0.5) is 5.95 Å². The number of piperazine rings is 1. The number of hydrogen-bond acceptors (Lipinski definition) is 5. The normalized spacial score (nSPS) is 19.1.